The third kappa shape index (κ3) is 12.9. The van der Waals surface area contributed by atoms with Crippen molar-refractivity contribution in [1.29, 1.82) is 0 Å². The number of hydrogen-bond acceptors (Lipinski definition) is 4. The van der Waals surface area contributed by atoms with Crippen LogP contribution in [0.5, 0.6) is 0 Å². The molecule has 1 atom stereocenters. The molecule has 0 saturated carbocycles. The predicted molar refractivity (Wildman–Crippen MR) is 144 cm³/mol. The van der Waals surface area contributed by atoms with E-state index >= 15 is 0 Å². The van der Waals surface area contributed by atoms with Crippen LogP contribution in [0.3, 0.4) is 0 Å². The van der Waals surface area contributed by atoms with Crippen LogP contribution in [0.25, 0.3) is 0 Å². The average molecular weight is 509 g/mol. The van der Waals surface area contributed by atoms with E-state index in [9.17, 15) is 0 Å². The summed E-state index contributed by atoms with van der Waals surface area (Å²) in [7, 11) is -11.3. The molecule has 4 nitrogen and oxygen atoms in total. The lowest BCUT2D eigenvalue weighted by atomic mass is 10.6. The van der Waals surface area contributed by atoms with E-state index < -0.39 is 51.1 Å². The summed E-state index contributed by atoms with van der Waals surface area (Å²) in [6.07, 6.45) is 1.19. The van der Waals surface area contributed by atoms with Gasteiger partial charge in [0, 0.05) is 0 Å². The maximum Gasteiger partial charge on any atom is 0.314 e. The van der Waals surface area contributed by atoms with Crippen molar-refractivity contribution in [2.75, 3.05) is 0 Å². The molecule has 29 heavy (non-hydrogen) atoms. The molecule has 0 spiro atoms. The summed E-state index contributed by atoms with van der Waals surface area (Å²) in [4.78, 5) is 0. The Morgan fingerprint density at radius 1 is 0.690 bits per heavy atom. The Hall–Kier alpha value is 0.621. The average Bonchev–Trinajstić information content (AvgIpc) is 2.51. The molecule has 1 unspecified atom stereocenters. The molecule has 0 aliphatic rings. The summed E-state index contributed by atoms with van der Waals surface area (Å²) >= 11 is 0. The molecule has 0 bridgehead atoms. The summed E-state index contributed by atoms with van der Waals surface area (Å²) < 4.78 is 26.5. The van der Waals surface area contributed by atoms with Crippen molar-refractivity contribution in [1.82, 2.24) is 0 Å². The van der Waals surface area contributed by atoms with Crippen LogP contribution < -0.4 is 0 Å². The largest absolute Gasteiger partial charge is 0.439 e. The van der Waals surface area contributed by atoms with Gasteiger partial charge in [0.15, 0.2) is 33.3 Å². The van der Waals surface area contributed by atoms with Gasteiger partial charge in [0.05, 0.1) is 0 Å². The van der Waals surface area contributed by atoms with Crippen molar-refractivity contribution in [2.24, 2.45) is 0 Å². The van der Waals surface area contributed by atoms with Gasteiger partial charge in [-0.3, -0.25) is 0 Å². The molecule has 0 aromatic carbocycles. The van der Waals surface area contributed by atoms with Crippen LogP contribution in [0.4, 0.5) is 0 Å². The monoisotopic (exact) mass is 508 g/mol. The third-order valence-electron chi connectivity index (χ3n) is 4.94. The van der Waals surface area contributed by atoms with Gasteiger partial charge in [-0.05, 0) is 83.6 Å². The predicted octanol–water partition coefficient (Wildman–Crippen LogP) is 6.66. The van der Waals surface area contributed by atoms with Crippen molar-refractivity contribution in [2.45, 2.75) is 96.9 Å². The van der Waals surface area contributed by atoms with Gasteiger partial charge in [-0.2, -0.15) is 0 Å². The van der Waals surface area contributed by atoms with E-state index in [4.69, 9.17) is 16.5 Å². The molecule has 0 heterocycles. The first-order valence-electron chi connectivity index (χ1n) is 10.9. The topological polar surface area (TPSA) is 36.9 Å². The van der Waals surface area contributed by atoms with E-state index in [1.165, 1.54) is 12.5 Å². The second kappa shape index (κ2) is 11.5. The van der Waals surface area contributed by atoms with E-state index in [2.05, 4.69) is 85.6 Å². The lowest BCUT2D eigenvalue weighted by Gasteiger charge is -2.40. The Bertz CT molecular complexity index is 515. The Labute approximate surface area is 188 Å². The summed E-state index contributed by atoms with van der Waals surface area (Å²) in [6, 6.07) is 3.19. The highest BCUT2D eigenvalue weighted by Gasteiger charge is 2.43. The van der Waals surface area contributed by atoms with Gasteiger partial charge >= 0.3 is 8.56 Å². The fourth-order valence-corrected chi connectivity index (χ4v) is 28.6. The van der Waals surface area contributed by atoms with Crippen LogP contribution in [-0.2, 0) is 16.5 Å². The molecule has 0 fully saturated rings. The van der Waals surface area contributed by atoms with E-state index in [0.29, 0.717) is 0 Å². The number of hydrogen-bond donors (Lipinski definition) is 0. The summed E-state index contributed by atoms with van der Waals surface area (Å²) in [5, 5.41) is 0. The molecular weight excluding hydrogens is 461 g/mol. The Balaban J connectivity index is 5.20. The van der Waals surface area contributed by atoms with Gasteiger partial charge in [0.1, 0.15) is 0 Å². The Morgan fingerprint density at radius 3 is 1.41 bits per heavy atom. The SMILES string of the molecule is C=C[Si](C)(C)O[Si](C)(CC[Si](C)(C)O[SiH](C)O[Si](C)(C)CCC)O[Si](C)(C)C=C. The zero-order chi connectivity index (χ0) is 23.1. The van der Waals surface area contributed by atoms with Crippen LogP contribution in [0.1, 0.15) is 13.3 Å². The van der Waals surface area contributed by atoms with E-state index in [-0.39, 0.29) is 0 Å². The van der Waals surface area contributed by atoms with Gasteiger partial charge in [0.25, 0.3) is 9.28 Å². The van der Waals surface area contributed by atoms with Gasteiger partial charge in [-0.1, -0.05) is 24.7 Å². The third-order valence-corrected chi connectivity index (χ3v) is 27.2. The van der Waals surface area contributed by atoms with Crippen LogP contribution in [0.2, 0.25) is 83.6 Å². The van der Waals surface area contributed by atoms with Gasteiger partial charge < -0.3 is 16.5 Å². The van der Waals surface area contributed by atoms with E-state index in [1.807, 2.05) is 11.4 Å². The second-order valence-electron chi connectivity index (χ2n) is 10.5. The Kier molecular flexibility index (Phi) is 11.7. The molecule has 0 rings (SSSR count). The highest BCUT2D eigenvalue weighted by atomic mass is 28.5. The van der Waals surface area contributed by atoms with Gasteiger partial charge in [-0.15, -0.1) is 13.2 Å². The highest BCUT2D eigenvalue weighted by molar-refractivity contribution is 6.92. The smallest absolute Gasteiger partial charge is 0.314 e. The van der Waals surface area contributed by atoms with Crippen molar-refractivity contribution in [3.63, 3.8) is 0 Å². The van der Waals surface area contributed by atoms with Crippen molar-refractivity contribution >= 4 is 51.1 Å². The number of rotatable bonds is 15. The second-order valence-corrected chi connectivity index (χ2v) is 33.2. The molecule has 10 heteroatoms. The molecule has 0 radical (unpaired) electrons. The normalized spacial score (nSPS) is 15.3. The zero-order valence-corrected chi connectivity index (χ0v) is 27.3. The zero-order valence-electron chi connectivity index (χ0n) is 21.1. The quantitative estimate of drug-likeness (QED) is 0.232. The summed E-state index contributed by atoms with van der Waals surface area (Å²) in [5.41, 5.74) is 4.01. The first kappa shape index (κ1) is 29.6. The minimum atomic E-state index is -2.36. The first-order chi connectivity index (χ1) is 12.9. The molecule has 0 aromatic rings. The molecule has 0 amide bonds. The molecule has 172 valence electrons. The summed E-state index contributed by atoms with van der Waals surface area (Å²) in [5.74, 6) is 0. The lowest BCUT2D eigenvalue weighted by Crippen LogP contribution is -2.54. The van der Waals surface area contributed by atoms with Gasteiger partial charge in [0.2, 0.25) is 0 Å². The maximum absolute atomic E-state index is 6.70. The molecule has 0 N–H and O–H groups in total. The first-order valence-corrected chi connectivity index (χ1v) is 27.8. The van der Waals surface area contributed by atoms with Crippen LogP contribution in [0, 0.1) is 0 Å². The molecule has 0 saturated heterocycles. The highest BCUT2D eigenvalue weighted by Crippen LogP contribution is 2.30. The lowest BCUT2D eigenvalue weighted by molar-refractivity contribution is 0.386. The minimum Gasteiger partial charge on any atom is -0.439 e. The van der Waals surface area contributed by atoms with Gasteiger partial charge in [-0.25, -0.2) is 0 Å². The van der Waals surface area contributed by atoms with Crippen molar-refractivity contribution < 1.29 is 16.5 Å². The van der Waals surface area contributed by atoms with Crippen molar-refractivity contribution in [3.8, 4) is 0 Å². The Morgan fingerprint density at radius 2 is 1.07 bits per heavy atom. The fourth-order valence-electron chi connectivity index (χ4n) is 3.49. The van der Waals surface area contributed by atoms with E-state index in [1.54, 1.807) is 0 Å². The maximum atomic E-state index is 6.70. The standard InChI is InChI=1S/C19H48O4Si6/c1-14-17-27(9,10)20-24(4)21-28(11,12)18-19-29(13,22-25(5,6)15-2)23-26(7,8)16-3/h15-16,24H,2-3,14,17-19H2,1,4-13H3. The summed E-state index contributed by atoms with van der Waals surface area (Å²) in [6.45, 7) is 32.7. The molecule has 0 aliphatic carbocycles. The minimum absolute atomic E-state index is 0.956. The molecular formula is C19H48O4Si6. The van der Waals surface area contributed by atoms with Crippen molar-refractivity contribution in [3.05, 3.63) is 24.6 Å². The van der Waals surface area contributed by atoms with E-state index in [0.717, 1.165) is 12.1 Å². The van der Waals surface area contributed by atoms with Crippen LogP contribution in [-0.4, -0.2) is 51.1 Å². The van der Waals surface area contributed by atoms with Crippen LogP contribution in [0.15, 0.2) is 24.6 Å². The molecule has 0 aliphatic heterocycles. The van der Waals surface area contributed by atoms with Crippen LogP contribution >= 0.6 is 0 Å². The molecule has 0 aromatic heterocycles. The fraction of sp³-hybridized carbons (Fsp3) is 0.789.